The monoisotopic (exact) mass is 283 g/mol. The van der Waals surface area contributed by atoms with Gasteiger partial charge in [0.25, 0.3) is 11.1 Å². The van der Waals surface area contributed by atoms with Gasteiger partial charge in [0, 0.05) is 32.7 Å². The van der Waals surface area contributed by atoms with Crippen molar-refractivity contribution in [3.63, 3.8) is 0 Å². The zero-order chi connectivity index (χ0) is 15.3. The van der Waals surface area contributed by atoms with Gasteiger partial charge in [-0.15, -0.1) is 0 Å². The molecule has 0 saturated carbocycles. The minimum absolute atomic E-state index is 0.0525. The van der Waals surface area contributed by atoms with Crippen LogP contribution in [-0.2, 0) is 0 Å². The average Bonchev–Trinajstić information content (AvgIpc) is 2.62. The Balaban J connectivity index is 2.82. The van der Waals surface area contributed by atoms with Crippen molar-refractivity contribution in [2.45, 2.75) is 0 Å². The number of nitrogens with two attached hydrogens (primary N) is 2. The van der Waals surface area contributed by atoms with Crippen LogP contribution in [-0.4, -0.2) is 16.8 Å². The van der Waals surface area contributed by atoms with Crippen molar-refractivity contribution in [3.05, 3.63) is 56.1 Å². The number of aromatic amines is 1. The van der Waals surface area contributed by atoms with E-state index in [1.165, 1.54) is 24.3 Å². The first-order valence-electron chi connectivity index (χ1n) is 5.97. The van der Waals surface area contributed by atoms with Crippen LogP contribution in [0.4, 0.5) is 0 Å². The van der Waals surface area contributed by atoms with Crippen LogP contribution in [0.25, 0.3) is 21.5 Å². The Hall–Kier alpha value is -3.22. The maximum absolute atomic E-state index is 12.0. The lowest BCUT2D eigenvalue weighted by molar-refractivity contribution is 0.0990. The van der Waals surface area contributed by atoms with Gasteiger partial charge in [-0.05, 0) is 24.3 Å². The molecule has 0 atom stereocenters. The molecule has 0 unspecified atom stereocenters. The molecule has 4 aromatic rings. The van der Waals surface area contributed by atoms with E-state index in [-0.39, 0.29) is 32.7 Å². The number of rotatable bonds is 2. The molecule has 5 N–H and O–H groups in total. The number of H-pyrrole nitrogens is 1. The second kappa shape index (κ2) is 4.14. The molecule has 2 heterocycles. The first-order valence-corrected chi connectivity index (χ1v) is 5.97. The number of aromatic nitrogens is 1. The smallest absolute Gasteiger partial charge is 0.258 e. The molecule has 0 aliphatic carbocycles. The number of carbonyl (C=O) groups is 2. The summed E-state index contributed by atoms with van der Waals surface area (Å²) in [7, 11) is 0. The molecule has 104 valence electrons. The van der Waals surface area contributed by atoms with Crippen molar-refractivity contribution in [2.24, 2.45) is 11.5 Å². The summed E-state index contributed by atoms with van der Waals surface area (Å²) in [5.41, 5.74) is 9.41. The minimum atomic E-state index is -0.767. The molecule has 2 aromatic carbocycles. The number of benzene rings is 2. The third kappa shape index (κ3) is 1.68. The van der Waals surface area contributed by atoms with Gasteiger partial charge in [-0.25, -0.2) is 0 Å². The molecular weight excluding hydrogens is 274 g/mol. The highest BCUT2D eigenvalue weighted by Crippen LogP contribution is 2.28. The largest absolute Gasteiger partial charge is 0.366 e. The van der Waals surface area contributed by atoms with Crippen molar-refractivity contribution in [1.29, 1.82) is 0 Å². The fourth-order valence-corrected chi connectivity index (χ4v) is 2.52. The van der Waals surface area contributed by atoms with Crippen molar-refractivity contribution < 1.29 is 9.59 Å². The molecule has 2 amide bonds. The van der Waals surface area contributed by atoms with Gasteiger partial charge in [-0.2, -0.15) is 0 Å². The van der Waals surface area contributed by atoms with Gasteiger partial charge in [-0.1, -0.05) is 0 Å². The Kier molecular flexibility index (Phi) is 2.52. The van der Waals surface area contributed by atoms with E-state index >= 15 is 0 Å². The number of hydrogen-bond acceptors (Lipinski definition) is 4. The Morgan fingerprint density at radius 1 is 0.762 bits per heavy atom. The normalized spacial score (nSPS) is 11.0. The summed E-state index contributed by atoms with van der Waals surface area (Å²) in [4.78, 5) is 49.3. The van der Waals surface area contributed by atoms with Crippen LogP contribution in [0.5, 0.6) is 0 Å². The third-order valence-electron chi connectivity index (χ3n) is 3.41. The lowest BCUT2D eigenvalue weighted by Gasteiger charge is -2.08. The van der Waals surface area contributed by atoms with E-state index < -0.39 is 22.9 Å². The fourth-order valence-electron chi connectivity index (χ4n) is 2.52. The minimum Gasteiger partial charge on any atom is -0.366 e. The molecule has 2 aromatic heterocycles. The Morgan fingerprint density at radius 2 is 1.14 bits per heavy atom. The molecule has 2 bridgehead atoms. The van der Waals surface area contributed by atoms with E-state index in [4.69, 9.17) is 11.5 Å². The molecule has 0 saturated heterocycles. The zero-order valence-corrected chi connectivity index (χ0v) is 10.6. The molecule has 0 radical (unpaired) electrons. The van der Waals surface area contributed by atoms with Crippen LogP contribution < -0.4 is 22.6 Å². The van der Waals surface area contributed by atoms with E-state index in [1.807, 2.05) is 0 Å². The zero-order valence-electron chi connectivity index (χ0n) is 10.6. The van der Waals surface area contributed by atoms with E-state index in [1.54, 1.807) is 0 Å². The molecule has 4 rings (SSSR count). The second-order valence-electron chi connectivity index (χ2n) is 4.58. The van der Waals surface area contributed by atoms with Crippen LogP contribution >= 0.6 is 0 Å². The number of amides is 2. The van der Waals surface area contributed by atoms with Gasteiger partial charge < -0.3 is 11.5 Å². The van der Waals surface area contributed by atoms with Crippen LogP contribution in [0.3, 0.4) is 0 Å². The SMILES string of the molecule is NC(=O)c1ccc(C(N)=O)c2c3ccc(c(=O)[nH]c3=O)c12. The molecule has 7 heteroatoms. The maximum atomic E-state index is 12.0. The number of primary amides is 2. The van der Waals surface area contributed by atoms with Gasteiger partial charge in [0.2, 0.25) is 11.8 Å². The Morgan fingerprint density at radius 3 is 1.48 bits per heavy atom. The van der Waals surface area contributed by atoms with Crippen LogP contribution in [0.15, 0.2) is 33.9 Å². The fraction of sp³-hybridized carbons (Fsp3) is 0. The lowest BCUT2D eigenvalue weighted by atomic mass is 9.95. The number of fused-ring (bicyclic) bond motifs is 3. The lowest BCUT2D eigenvalue weighted by Crippen LogP contribution is -2.16. The first kappa shape index (κ1) is 12.8. The predicted octanol–water partition coefficient (Wildman–Crippen LogP) is -0.323. The highest BCUT2D eigenvalue weighted by Gasteiger charge is 2.19. The highest BCUT2D eigenvalue weighted by atomic mass is 16.2. The van der Waals surface area contributed by atoms with Crippen molar-refractivity contribution in [1.82, 2.24) is 4.98 Å². The van der Waals surface area contributed by atoms with Gasteiger partial charge >= 0.3 is 0 Å². The molecule has 0 fully saturated rings. The van der Waals surface area contributed by atoms with E-state index in [2.05, 4.69) is 4.98 Å². The van der Waals surface area contributed by atoms with Crippen molar-refractivity contribution >= 4 is 33.4 Å². The molecule has 0 aliphatic rings. The van der Waals surface area contributed by atoms with Gasteiger partial charge in [0.1, 0.15) is 0 Å². The molecular formula is C14H9N3O4. The summed E-state index contributed by atoms with van der Waals surface area (Å²) >= 11 is 0. The molecule has 0 aliphatic heterocycles. The average molecular weight is 283 g/mol. The summed E-state index contributed by atoms with van der Waals surface area (Å²) in [6.07, 6.45) is 0. The van der Waals surface area contributed by atoms with E-state index in [0.717, 1.165) is 0 Å². The molecule has 0 spiro atoms. The molecule has 7 nitrogen and oxygen atoms in total. The highest BCUT2D eigenvalue weighted by molar-refractivity contribution is 6.23. The third-order valence-corrected chi connectivity index (χ3v) is 3.41. The van der Waals surface area contributed by atoms with Crippen LogP contribution in [0, 0.1) is 0 Å². The number of carbonyl (C=O) groups excluding carboxylic acids is 2. The first-order chi connectivity index (χ1) is 9.91. The summed E-state index contributed by atoms with van der Waals surface area (Å²) in [6.45, 7) is 0. The second-order valence-corrected chi connectivity index (χ2v) is 4.58. The van der Waals surface area contributed by atoms with E-state index in [0.29, 0.717) is 0 Å². The number of hydrogen-bond donors (Lipinski definition) is 3. The van der Waals surface area contributed by atoms with E-state index in [9.17, 15) is 19.2 Å². The number of nitrogens with one attached hydrogen (secondary N) is 1. The Labute approximate surface area is 116 Å². The summed E-state index contributed by atoms with van der Waals surface area (Å²) in [6, 6.07) is 5.46. The van der Waals surface area contributed by atoms with Gasteiger partial charge in [0.05, 0.1) is 0 Å². The predicted molar refractivity (Wildman–Crippen MR) is 76.6 cm³/mol. The van der Waals surface area contributed by atoms with Crippen molar-refractivity contribution in [2.75, 3.05) is 0 Å². The topological polar surface area (TPSA) is 136 Å². The van der Waals surface area contributed by atoms with Crippen LogP contribution in [0.2, 0.25) is 0 Å². The Bertz CT molecular complexity index is 954. The van der Waals surface area contributed by atoms with Crippen molar-refractivity contribution in [3.8, 4) is 0 Å². The summed E-state index contributed by atoms with van der Waals surface area (Å²) < 4.78 is 0. The van der Waals surface area contributed by atoms with Crippen LogP contribution in [0.1, 0.15) is 20.7 Å². The standard InChI is InChI=1S/C14H9N3O4/c15-11(18)5-1-2-6(12(16)19)10-8-4-3-7(9(5)10)13(20)17-14(8)21/h1-4H,(H2,15,18)(H2,16,19)(H,17,20,21). The molecule has 21 heavy (non-hydrogen) atoms. The summed E-state index contributed by atoms with van der Waals surface area (Å²) in [5, 5.41) is 0.521. The maximum Gasteiger partial charge on any atom is 0.258 e. The van der Waals surface area contributed by atoms with Gasteiger partial charge in [0.15, 0.2) is 0 Å². The quantitative estimate of drug-likeness (QED) is 0.593. The summed E-state index contributed by atoms with van der Waals surface area (Å²) in [5.74, 6) is -1.53. The van der Waals surface area contributed by atoms with Gasteiger partial charge in [-0.3, -0.25) is 24.2 Å².